The first-order valence-electron chi connectivity index (χ1n) is 7.31. The molecule has 2 heterocycles. The number of rotatable bonds is 3. The van der Waals surface area contributed by atoms with Crippen LogP contribution in [0, 0.1) is 0 Å². The first-order valence-corrected chi connectivity index (χ1v) is 8.10. The minimum atomic E-state index is -0.369. The van der Waals surface area contributed by atoms with Crippen LogP contribution in [0.5, 0.6) is 5.75 Å². The fourth-order valence-corrected chi connectivity index (χ4v) is 3.69. The predicted molar refractivity (Wildman–Crippen MR) is 82.3 cm³/mol. The number of Topliss-reactive ketones (excluding diaryl/α,β-unsaturated/α-hetero) is 1. The van der Waals surface area contributed by atoms with Crippen LogP contribution in [0.1, 0.15) is 37.3 Å². The van der Waals surface area contributed by atoms with Gasteiger partial charge in [-0.2, -0.15) is 0 Å². The highest BCUT2D eigenvalue weighted by Crippen LogP contribution is 2.34. The van der Waals surface area contributed by atoms with Crippen LogP contribution in [0.25, 0.3) is 0 Å². The van der Waals surface area contributed by atoms with Crippen molar-refractivity contribution in [3.05, 3.63) is 27.7 Å². The first kappa shape index (κ1) is 14.1. The highest BCUT2D eigenvalue weighted by atomic mass is 79.9. The lowest BCUT2D eigenvalue weighted by Gasteiger charge is -2.33. The summed E-state index contributed by atoms with van der Waals surface area (Å²) in [5.74, 6) is 1.20. The highest BCUT2D eigenvalue weighted by Gasteiger charge is 2.34. The molecular formula is C16H20BrNO2. The molecule has 0 aromatic heterocycles. The van der Waals surface area contributed by atoms with Gasteiger partial charge < -0.3 is 10.1 Å². The molecule has 1 unspecified atom stereocenters. The molecule has 0 radical (unpaired) electrons. The van der Waals surface area contributed by atoms with E-state index >= 15 is 0 Å². The molecule has 1 fully saturated rings. The molecule has 3 rings (SSSR count). The Morgan fingerprint density at radius 3 is 3.05 bits per heavy atom. The molecule has 2 aliphatic heterocycles. The smallest absolute Gasteiger partial charge is 0.157 e. The second-order valence-electron chi connectivity index (χ2n) is 5.97. The molecule has 4 heteroatoms. The van der Waals surface area contributed by atoms with Crippen LogP contribution in [0.3, 0.4) is 0 Å². The Morgan fingerprint density at radius 2 is 2.30 bits per heavy atom. The standard InChI is InChI=1S/C16H20BrNO2/c1-16(5-2-3-6-18-16)14(19)10-12-9-13(17)8-11-4-7-20-15(11)12/h8-9,18H,2-7,10H2,1H3. The molecule has 1 N–H and O–H groups in total. The Labute approximate surface area is 128 Å². The number of fused-ring (bicyclic) bond motifs is 1. The third kappa shape index (κ3) is 2.63. The molecule has 0 amide bonds. The van der Waals surface area contributed by atoms with Crippen molar-refractivity contribution in [3.63, 3.8) is 0 Å². The lowest BCUT2D eigenvalue weighted by atomic mass is 9.84. The van der Waals surface area contributed by atoms with E-state index in [4.69, 9.17) is 4.74 Å². The second kappa shape index (κ2) is 5.49. The van der Waals surface area contributed by atoms with Crippen LogP contribution in [0.4, 0.5) is 0 Å². The summed E-state index contributed by atoms with van der Waals surface area (Å²) in [5.41, 5.74) is 1.86. The quantitative estimate of drug-likeness (QED) is 0.921. The lowest BCUT2D eigenvalue weighted by molar-refractivity contribution is -0.125. The van der Waals surface area contributed by atoms with Crippen LogP contribution in [0.15, 0.2) is 16.6 Å². The van der Waals surface area contributed by atoms with Crippen molar-refractivity contribution in [2.75, 3.05) is 13.2 Å². The summed E-state index contributed by atoms with van der Waals surface area (Å²) in [4.78, 5) is 12.7. The first-order chi connectivity index (χ1) is 9.58. The number of nitrogens with one attached hydrogen (secondary N) is 1. The van der Waals surface area contributed by atoms with Gasteiger partial charge in [-0.1, -0.05) is 15.9 Å². The van der Waals surface area contributed by atoms with E-state index in [0.29, 0.717) is 6.42 Å². The molecule has 0 aliphatic carbocycles. The van der Waals surface area contributed by atoms with Crippen LogP contribution >= 0.6 is 15.9 Å². The van der Waals surface area contributed by atoms with Gasteiger partial charge in [0.05, 0.1) is 12.1 Å². The van der Waals surface area contributed by atoms with E-state index < -0.39 is 0 Å². The fraction of sp³-hybridized carbons (Fsp3) is 0.562. The summed E-state index contributed by atoms with van der Waals surface area (Å²) < 4.78 is 6.75. The second-order valence-corrected chi connectivity index (χ2v) is 6.88. The van der Waals surface area contributed by atoms with Crippen LogP contribution in [-0.2, 0) is 17.6 Å². The Morgan fingerprint density at radius 1 is 1.45 bits per heavy atom. The molecule has 1 aromatic carbocycles. The van der Waals surface area contributed by atoms with E-state index in [2.05, 4.69) is 27.3 Å². The van der Waals surface area contributed by atoms with E-state index in [-0.39, 0.29) is 11.3 Å². The zero-order valence-electron chi connectivity index (χ0n) is 11.8. The summed E-state index contributed by atoms with van der Waals surface area (Å²) in [6.45, 7) is 3.70. The monoisotopic (exact) mass is 337 g/mol. The molecule has 1 saturated heterocycles. The van der Waals surface area contributed by atoms with Crippen molar-refractivity contribution >= 4 is 21.7 Å². The summed E-state index contributed by atoms with van der Waals surface area (Å²) in [6.07, 6.45) is 4.61. The summed E-state index contributed by atoms with van der Waals surface area (Å²) >= 11 is 3.53. The van der Waals surface area contributed by atoms with Gasteiger partial charge in [0.2, 0.25) is 0 Å². The number of piperidine rings is 1. The summed E-state index contributed by atoms with van der Waals surface area (Å²) in [7, 11) is 0. The number of carbonyl (C=O) groups excluding carboxylic acids is 1. The highest BCUT2D eigenvalue weighted by molar-refractivity contribution is 9.10. The molecule has 1 atom stereocenters. The average Bonchev–Trinajstić information content (AvgIpc) is 2.87. The summed E-state index contributed by atoms with van der Waals surface area (Å²) in [6, 6.07) is 4.12. The minimum absolute atomic E-state index is 0.271. The van der Waals surface area contributed by atoms with Crippen LogP contribution in [0.2, 0.25) is 0 Å². The van der Waals surface area contributed by atoms with E-state index in [0.717, 1.165) is 54.6 Å². The van der Waals surface area contributed by atoms with E-state index in [1.807, 2.05) is 13.0 Å². The maximum absolute atomic E-state index is 12.7. The zero-order chi connectivity index (χ0) is 14.2. The van der Waals surface area contributed by atoms with E-state index in [9.17, 15) is 4.79 Å². The van der Waals surface area contributed by atoms with Crippen molar-refractivity contribution in [2.24, 2.45) is 0 Å². The Balaban J connectivity index is 1.83. The van der Waals surface area contributed by atoms with Gasteiger partial charge in [-0.3, -0.25) is 4.79 Å². The Kier molecular flexibility index (Phi) is 3.87. The van der Waals surface area contributed by atoms with Crippen molar-refractivity contribution in [2.45, 2.75) is 44.6 Å². The van der Waals surface area contributed by atoms with Gasteiger partial charge in [-0.05, 0) is 50.4 Å². The van der Waals surface area contributed by atoms with Gasteiger partial charge in [0.25, 0.3) is 0 Å². The van der Waals surface area contributed by atoms with Crippen LogP contribution in [-0.4, -0.2) is 24.5 Å². The average molecular weight is 338 g/mol. The molecule has 0 bridgehead atoms. The molecular weight excluding hydrogens is 318 g/mol. The van der Waals surface area contributed by atoms with Gasteiger partial charge in [0.15, 0.2) is 5.78 Å². The van der Waals surface area contributed by atoms with Gasteiger partial charge >= 0.3 is 0 Å². The predicted octanol–water partition coefficient (Wildman–Crippen LogP) is 3.03. The molecule has 3 nitrogen and oxygen atoms in total. The summed E-state index contributed by atoms with van der Waals surface area (Å²) in [5, 5.41) is 3.40. The van der Waals surface area contributed by atoms with Crippen molar-refractivity contribution < 1.29 is 9.53 Å². The zero-order valence-corrected chi connectivity index (χ0v) is 13.4. The Bertz CT molecular complexity index is 536. The number of hydrogen-bond acceptors (Lipinski definition) is 3. The minimum Gasteiger partial charge on any atom is -0.493 e. The number of halogens is 1. The van der Waals surface area contributed by atoms with E-state index in [1.165, 1.54) is 5.56 Å². The van der Waals surface area contributed by atoms with Crippen molar-refractivity contribution in [3.8, 4) is 5.75 Å². The number of ketones is 1. The molecule has 0 saturated carbocycles. The third-order valence-corrected chi connectivity index (χ3v) is 4.87. The number of hydrogen-bond donors (Lipinski definition) is 1. The topological polar surface area (TPSA) is 38.3 Å². The lowest BCUT2D eigenvalue weighted by Crippen LogP contribution is -2.52. The largest absolute Gasteiger partial charge is 0.493 e. The maximum atomic E-state index is 12.7. The van der Waals surface area contributed by atoms with Gasteiger partial charge in [-0.15, -0.1) is 0 Å². The van der Waals surface area contributed by atoms with Gasteiger partial charge in [0.1, 0.15) is 5.75 Å². The molecule has 108 valence electrons. The molecule has 20 heavy (non-hydrogen) atoms. The number of carbonyl (C=O) groups is 1. The van der Waals surface area contributed by atoms with Crippen molar-refractivity contribution in [1.29, 1.82) is 0 Å². The molecule has 2 aliphatic rings. The number of ether oxygens (including phenoxy) is 1. The molecule has 0 spiro atoms. The molecule has 1 aromatic rings. The van der Waals surface area contributed by atoms with E-state index in [1.54, 1.807) is 0 Å². The van der Waals surface area contributed by atoms with Crippen LogP contribution < -0.4 is 10.1 Å². The Hall–Kier alpha value is -0.870. The van der Waals surface area contributed by atoms with Crippen molar-refractivity contribution in [1.82, 2.24) is 5.32 Å². The van der Waals surface area contributed by atoms with Gasteiger partial charge in [-0.25, -0.2) is 0 Å². The maximum Gasteiger partial charge on any atom is 0.157 e. The SMILES string of the molecule is CC1(C(=O)Cc2cc(Br)cc3c2OCC3)CCCCN1. The van der Waals surface area contributed by atoms with Gasteiger partial charge in [0, 0.05) is 22.9 Å². The number of benzene rings is 1. The fourth-order valence-electron chi connectivity index (χ4n) is 3.14. The normalized spacial score (nSPS) is 25.1. The third-order valence-electron chi connectivity index (χ3n) is 4.41.